The number of likely N-dealkylation sites (tertiary alicyclic amines) is 1. The van der Waals surface area contributed by atoms with Crippen LogP contribution in [0.25, 0.3) is 0 Å². The average Bonchev–Trinajstić information content (AvgIpc) is 2.81. The second kappa shape index (κ2) is 10.8. The van der Waals surface area contributed by atoms with Gasteiger partial charge in [0, 0.05) is 23.8 Å². The predicted octanol–water partition coefficient (Wildman–Crippen LogP) is 6.56. The maximum Gasteiger partial charge on any atom is 0.223 e. The summed E-state index contributed by atoms with van der Waals surface area (Å²) in [5.41, 5.74) is 3.00. The zero-order valence-corrected chi connectivity index (χ0v) is 19.4. The lowest BCUT2D eigenvalue weighted by Gasteiger charge is -2.35. The Bertz CT molecular complexity index is 944. The Labute approximate surface area is 191 Å². The molecule has 4 nitrogen and oxygen atoms in total. The van der Waals surface area contributed by atoms with Crippen LogP contribution in [0.4, 0.5) is 10.1 Å². The Morgan fingerprint density at radius 1 is 0.938 bits per heavy atom. The number of nitrogens with zero attached hydrogens (tertiary/aromatic N) is 3. The van der Waals surface area contributed by atoms with Crippen molar-refractivity contribution in [3.05, 3.63) is 65.5 Å². The number of amidine groups is 1. The number of nitrogens with one attached hydrogen (secondary N) is 1. The SMILES string of the molecule is Cc1ccccc1/C(=N\C(=NC1CCCCC1)N1CCCCC1C)Nc1ccc(F)cc1. The molecule has 0 amide bonds. The molecule has 0 spiro atoms. The third kappa shape index (κ3) is 5.76. The van der Waals surface area contributed by atoms with Crippen LogP contribution in [0, 0.1) is 12.7 Å². The highest BCUT2D eigenvalue weighted by Crippen LogP contribution is 2.24. The summed E-state index contributed by atoms with van der Waals surface area (Å²) in [5, 5.41) is 3.46. The summed E-state index contributed by atoms with van der Waals surface area (Å²) in [6.07, 6.45) is 9.71. The summed E-state index contributed by atoms with van der Waals surface area (Å²) >= 11 is 0. The van der Waals surface area contributed by atoms with Gasteiger partial charge in [-0.2, -0.15) is 4.99 Å². The largest absolute Gasteiger partial charge is 0.340 e. The van der Waals surface area contributed by atoms with Crippen molar-refractivity contribution < 1.29 is 4.39 Å². The lowest BCUT2D eigenvalue weighted by molar-refractivity contribution is 0.253. The maximum absolute atomic E-state index is 13.5. The van der Waals surface area contributed by atoms with E-state index in [9.17, 15) is 4.39 Å². The lowest BCUT2D eigenvalue weighted by Crippen LogP contribution is -2.42. The number of benzene rings is 2. The second-order valence-corrected chi connectivity index (χ2v) is 9.17. The molecule has 1 atom stereocenters. The maximum atomic E-state index is 13.5. The molecule has 32 heavy (non-hydrogen) atoms. The Morgan fingerprint density at radius 2 is 1.66 bits per heavy atom. The number of guanidine groups is 1. The Kier molecular flexibility index (Phi) is 7.56. The quantitative estimate of drug-likeness (QED) is 0.439. The number of piperidine rings is 1. The summed E-state index contributed by atoms with van der Waals surface area (Å²) in [6, 6.07) is 15.5. The minimum absolute atomic E-state index is 0.244. The van der Waals surface area contributed by atoms with Crippen molar-refractivity contribution in [3.8, 4) is 0 Å². The molecule has 1 heterocycles. The number of halogens is 1. The van der Waals surface area contributed by atoms with Crippen LogP contribution in [0.5, 0.6) is 0 Å². The lowest BCUT2D eigenvalue weighted by atomic mass is 9.96. The highest BCUT2D eigenvalue weighted by molar-refractivity contribution is 6.13. The van der Waals surface area contributed by atoms with Crippen LogP contribution in [-0.4, -0.2) is 35.3 Å². The highest BCUT2D eigenvalue weighted by atomic mass is 19.1. The molecule has 0 radical (unpaired) electrons. The third-order valence-electron chi connectivity index (χ3n) is 6.65. The number of hydrogen-bond donors (Lipinski definition) is 1. The summed E-state index contributed by atoms with van der Waals surface area (Å²) in [5.74, 6) is 1.37. The van der Waals surface area contributed by atoms with Crippen molar-refractivity contribution in [2.75, 3.05) is 11.9 Å². The third-order valence-corrected chi connectivity index (χ3v) is 6.65. The van der Waals surface area contributed by atoms with Gasteiger partial charge in [0.15, 0.2) is 0 Å². The van der Waals surface area contributed by atoms with Gasteiger partial charge < -0.3 is 10.2 Å². The molecular weight excluding hydrogens is 399 g/mol. The van der Waals surface area contributed by atoms with E-state index < -0.39 is 0 Å². The molecule has 1 N–H and O–H groups in total. The van der Waals surface area contributed by atoms with E-state index in [1.165, 1.54) is 50.7 Å². The minimum atomic E-state index is -0.244. The first-order valence-electron chi connectivity index (χ1n) is 12.1. The molecule has 2 aliphatic rings. The molecule has 1 unspecified atom stereocenters. The standard InChI is InChI=1S/C27H35FN4/c1-20-10-6-7-14-25(20)26(29-24-17-15-22(28)16-18-24)31-27(30-23-12-4-3-5-13-23)32-19-9-8-11-21(32)2/h6-7,10,14-18,21,23H,3-5,8-9,11-13,19H2,1-2H3,(H,29,30,31). The van der Waals surface area contributed by atoms with Crippen molar-refractivity contribution in [2.45, 2.75) is 77.3 Å². The summed E-state index contributed by atoms with van der Waals surface area (Å²) in [7, 11) is 0. The van der Waals surface area contributed by atoms with Gasteiger partial charge in [0.2, 0.25) is 5.96 Å². The van der Waals surface area contributed by atoms with Crippen molar-refractivity contribution in [2.24, 2.45) is 9.98 Å². The first kappa shape index (κ1) is 22.5. The van der Waals surface area contributed by atoms with Gasteiger partial charge in [0.1, 0.15) is 11.7 Å². The van der Waals surface area contributed by atoms with E-state index in [-0.39, 0.29) is 5.82 Å². The Hall–Kier alpha value is -2.69. The summed E-state index contributed by atoms with van der Waals surface area (Å²) in [6.45, 7) is 5.37. The van der Waals surface area contributed by atoms with Gasteiger partial charge in [-0.1, -0.05) is 43.5 Å². The number of anilines is 1. The van der Waals surface area contributed by atoms with E-state index in [0.717, 1.165) is 48.0 Å². The molecule has 1 aliphatic carbocycles. The van der Waals surface area contributed by atoms with E-state index in [0.29, 0.717) is 12.1 Å². The smallest absolute Gasteiger partial charge is 0.223 e. The normalized spacial score (nSPS) is 21.0. The van der Waals surface area contributed by atoms with Gasteiger partial charge in [-0.05, 0) is 75.8 Å². The monoisotopic (exact) mass is 434 g/mol. The van der Waals surface area contributed by atoms with Crippen LogP contribution in [-0.2, 0) is 0 Å². The average molecular weight is 435 g/mol. The molecule has 2 fully saturated rings. The van der Waals surface area contributed by atoms with Gasteiger partial charge in [0.25, 0.3) is 0 Å². The van der Waals surface area contributed by atoms with Gasteiger partial charge in [-0.15, -0.1) is 0 Å². The summed E-state index contributed by atoms with van der Waals surface area (Å²) in [4.78, 5) is 12.8. The van der Waals surface area contributed by atoms with Crippen LogP contribution in [0.3, 0.4) is 0 Å². The minimum Gasteiger partial charge on any atom is -0.340 e. The second-order valence-electron chi connectivity index (χ2n) is 9.17. The number of aliphatic imine (C=N–C) groups is 2. The number of hydrogen-bond acceptors (Lipinski definition) is 1. The van der Waals surface area contributed by atoms with Crippen LogP contribution in [0.15, 0.2) is 58.5 Å². The number of rotatable bonds is 3. The van der Waals surface area contributed by atoms with Crippen LogP contribution in [0.1, 0.15) is 69.4 Å². The Balaban J connectivity index is 1.75. The zero-order valence-electron chi connectivity index (χ0n) is 19.4. The van der Waals surface area contributed by atoms with Crippen molar-refractivity contribution in [1.82, 2.24) is 4.90 Å². The summed E-state index contributed by atoms with van der Waals surface area (Å²) < 4.78 is 13.5. The molecule has 5 heteroatoms. The first-order valence-corrected chi connectivity index (χ1v) is 12.1. The predicted molar refractivity (Wildman–Crippen MR) is 132 cm³/mol. The van der Waals surface area contributed by atoms with Crippen LogP contribution >= 0.6 is 0 Å². The molecule has 4 rings (SSSR count). The van der Waals surface area contributed by atoms with Crippen molar-refractivity contribution in [1.29, 1.82) is 0 Å². The fraction of sp³-hybridized carbons (Fsp3) is 0.481. The molecule has 2 aromatic carbocycles. The first-order chi connectivity index (χ1) is 15.6. The van der Waals surface area contributed by atoms with Gasteiger partial charge in [0.05, 0.1) is 6.04 Å². The number of aryl methyl sites for hydroxylation is 1. The molecule has 1 saturated carbocycles. The zero-order chi connectivity index (χ0) is 22.3. The van der Waals surface area contributed by atoms with E-state index in [4.69, 9.17) is 9.98 Å². The Morgan fingerprint density at radius 3 is 2.38 bits per heavy atom. The molecule has 0 aromatic heterocycles. The topological polar surface area (TPSA) is 40.0 Å². The van der Waals surface area contributed by atoms with Gasteiger partial charge in [-0.3, -0.25) is 0 Å². The van der Waals surface area contributed by atoms with Gasteiger partial charge in [-0.25, -0.2) is 9.38 Å². The van der Waals surface area contributed by atoms with E-state index >= 15 is 0 Å². The van der Waals surface area contributed by atoms with Gasteiger partial charge >= 0.3 is 0 Å². The fourth-order valence-corrected chi connectivity index (χ4v) is 4.70. The van der Waals surface area contributed by atoms with Crippen molar-refractivity contribution >= 4 is 17.5 Å². The van der Waals surface area contributed by atoms with Crippen molar-refractivity contribution in [3.63, 3.8) is 0 Å². The molecule has 170 valence electrons. The van der Waals surface area contributed by atoms with E-state index in [1.54, 1.807) is 12.1 Å². The molecule has 1 aliphatic heterocycles. The van der Waals surface area contributed by atoms with E-state index in [2.05, 4.69) is 36.2 Å². The highest BCUT2D eigenvalue weighted by Gasteiger charge is 2.24. The van der Waals surface area contributed by atoms with Crippen LogP contribution < -0.4 is 5.32 Å². The molecular formula is C27H35FN4. The molecule has 1 saturated heterocycles. The fourth-order valence-electron chi connectivity index (χ4n) is 4.70. The molecule has 0 bridgehead atoms. The van der Waals surface area contributed by atoms with E-state index in [1.807, 2.05) is 12.1 Å². The molecule has 2 aromatic rings. The van der Waals surface area contributed by atoms with Crippen LogP contribution in [0.2, 0.25) is 0 Å².